The highest BCUT2D eigenvalue weighted by Gasteiger charge is 2.50. The minimum absolute atomic E-state index is 0.0255. The van der Waals surface area contributed by atoms with E-state index in [0.29, 0.717) is 45.1 Å². The molecule has 0 saturated carbocycles. The fourth-order valence-electron chi connectivity index (χ4n) is 5.65. The number of carbonyl (C=O) groups excluding carboxylic acids is 2. The molecule has 2 aliphatic heterocycles. The molecular formula is C33H48BN3O10. The molecule has 2 unspecified atom stereocenters. The summed E-state index contributed by atoms with van der Waals surface area (Å²) in [6.45, 7) is 5.02. The summed E-state index contributed by atoms with van der Waals surface area (Å²) in [7, 11) is -1.07. The number of nitrogens with one attached hydrogen (secondary N) is 2. The van der Waals surface area contributed by atoms with E-state index in [1.807, 2.05) is 68.4 Å². The maximum Gasteiger partial charge on any atom is 0.481 e. The highest BCUT2D eigenvalue weighted by atomic mass is 16.7. The summed E-state index contributed by atoms with van der Waals surface area (Å²) in [4.78, 5) is 28.8. The molecule has 14 heteroatoms. The van der Waals surface area contributed by atoms with Crippen LogP contribution in [0.4, 0.5) is 4.79 Å². The summed E-state index contributed by atoms with van der Waals surface area (Å²) in [5, 5.41) is 45.8. The first-order chi connectivity index (χ1) is 22.7. The van der Waals surface area contributed by atoms with Crippen molar-refractivity contribution in [2.75, 3.05) is 39.5 Å². The van der Waals surface area contributed by atoms with E-state index < -0.39 is 56.0 Å². The minimum Gasteiger partial charge on any atom is -0.489 e. The highest BCUT2D eigenvalue weighted by molar-refractivity contribution is 6.47. The van der Waals surface area contributed by atoms with Gasteiger partial charge in [0.05, 0.1) is 44.1 Å². The lowest BCUT2D eigenvalue weighted by Crippen LogP contribution is -2.58. The van der Waals surface area contributed by atoms with Gasteiger partial charge in [-0.2, -0.15) is 0 Å². The van der Waals surface area contributed by atoms with Crippen molar-refractivity contribution >= 4 is 19.1 Å². The Morgan fingerprint density at radius 1 is 0.936 bits per heavy atom. The van der Waals surface area contributed by atoms with Crippen LogP contribution in [0.5, 0.6) is 5.75 Å². The first-order valence-electron chi connectivity index (χ1n) is 16.3. The second-order valence-electron chi connectivity index (χ2n) is 12.4. The van der Waals surface area contributed by atoms with E-state index in [4.69, 9.17) is 18.8 Å². The summed E-state index contributed by atoms with van der Waals surface area (Å²) in [6, 6.07) is 15.8. The highest BCUT2D eigenvalue weighted by Crippen LogP contribution is 2.27. The van der Waals surface area contributed by atoms with E-state index in [1.165, 1.54) is 0 Å². The molecule has 47 heavy (non-hydrogen) atoms. The molecule has 0 aromatic heterocycles. The van der Waals surface area contributed by atoms with Gasteiger partial charge in [-0.3, -0.25) is 4.79 Å². The number of benzene rings is 2. The molecule has 3 amide bonds. The zero-order valence-corrected chi connectivity index (χ0v) is 27.1. The Bertz CT molecular complexity index is 1230. The molecule has 258 valence electrons. The van der Waals surface area contributed by atoms with E-state index in [-0.39, 0.29) is 31.4 Å². The molecule has 4 rings (SSSR count). The largest absolute Gasteiger partial charge is 0.489 e. The van der Waals surface area contributed by atoms with Gasteiger partial charge >= 0.3 is 13.1 Å². The van der Waals surface area contributed by atoms with Gasteiger partial charge in [0, 0.05) is 26.1 Å². The van der Waals surface area contributed by atoms with E-state index in [2.05, 4.69) is 10.6 Å². The minimum atomic E-state index is -1.35. The van der Waals surface area contributed by atoms with Crippen LogP contribution in [0.15, 0.2) is 54.6 Å². The predicted octanol–water partition coefficient (Wildman–Crippen LogP) is 0.657. The second kappa shape index (κ2) is 18.3. The van der Waals surface area contributed by atoms with Crippen molar-refractivity contribution < 1.29 is 48.8 Å². The molecule has 2 aromatic rings. The number of aliphatic hydroxyl groups is 4. The van der Waals surface area contributed by atoms with Gasteiger partial charge in [-0.1, -0.05) is 56.3 Å². The monoisotopic (exact) mass is 657 g/mol. The van der Waals surface area contributed by atoms with Crippen molar-refractivity contribution in [2.24, 2.45) is 5.92 Å². The van der Waals surface area contributed by atoms with Gasteiger partial charge in [0.2, 0.25) is 5.91 Å². The topological polar surface area (TPSA) is 179 Å². The van der Waals surface area contributed by atoms with Crippen LogP contribution in [-0.4, -0.2) is 120 Å². The van der Waals surface area contributed by atoms with Crippen LogP contribution in [0.3, 0.4) is 0 Å². The molecule has 0 spiro atoms. The van der Waals surface area contributed by atoms with Crippen molar-refractivity contribution in [1.29, 1.82) is 0 Å². The van der Waals surface area contributed by atoms with E-state index in [9.17, 15) is 30.0 Å². The summed E-state index contributed by atoms with van der Waals surface area (Å²) in [6.07, 6.45) is -4.08. The number of morpholine rings is 1. The van der Waals surface area contributed by atoms with Crippen LogP contribution >= 0.6 is 0 Å². The molecule has 0 bridgehead atoms. The smallest absolute Gasteiger partial charge is 0.481 e. The SMILES string of the molecule is CC(C)C[C@H](NC(=O)[C@H](Cc1ccc(OCc2ccccc2)cc1)NC(=O)N1CCOCC1)B1OC([C@H](O)CO)C([C@H](O)CCO)O1. The van der Waals surface area contributed by atoms with Crippen LogP contribution in [0.1, 0.15) is 37.8 Å². The van der Waals surface area contributed by atoms with Crippen LogP contribution in [0.25, 0.3) is 0 Å². The van der Waals surface area contributed by atoms with Gasteiger partial charge in [0.1, 0.15) is 24.5 Å². The maximum atomic E-state index is 14.0. The number of rotatable bonds is 16. The molecule has 2 fully saturated rings. The van der Waals surface area contributed by atoms with Crippen molar-refractivity contribution in [3.8, 4) is 5.75 Å². The molecule has 2 saturated heterocycles. The summed E-state index contributed by atoms with van der Waals surface area (Å²) in [5.74, 6) is -0.438. The van der Waals surface area contributed by atoms with Crippen LogP contribution in [0.2, 0.25) is 0 Å². The normalized spacial score (nSPS) is 20.8. The Labute approximate surface area is 276 Å². The van der Waals surface area contributed by atoms with Crippen molar-refractivity contribution in [3.63, 3.8) is 0 Å². The van der Waals surface area contributed by atoms with Crippen molar-refractivity contribution in [2.45, 2.75) is 76.1 Å². The van der Waals surface area contributed by atoms with E-state index in [0.717, 1.165) is 11.1 Å². The number of amides is 3. The lowest BCUT2D eigenvalue weighted by molar-refractivity contribution is -0.123. The zero-order chi connectivity index (χ0) is 33.8. The number of carbonyl (C=O) groups is 2. The van der Waals surface area contributed by atoms with Crippen LogP contribution in [0, 0.1) is 5.92 Å². The molecule has 0 aliphatic carbocycles. The summed E-state index contributed by atoms with van der Waals surface area (Å²) < 4.78 is 23.3. The number of hydrogen-bond acceptors (Lipinski definition) is 10. The third-order valence-electron chi connectivity index (χ3n) is 8.18. The number of urea groups is 1. The number of aliphatic hydroxyl groups excluding tert-OH is 4. The maximum absolute atomic E-state index is 14.0. The van der Waals surface area contributed by atoms with Gasteiger partial charge in [0.15, 0.2) is 0 Å². The molecule has 2 aliphatic rings. The Kier molecular flexibility index (Phi) is 14.3. The van der Waals surface area contributed by atoms with Gasteiger partial charge in [-0.05, 0) is 42.0 Å². The first kappa shape index (κ1) is 36.6. The average molecular weight is 658 g/mol. The Hall–Kier alpha value is -3.24. The molecule has 6 N–H and O–H groups in total. The quantitative estimate of drug-likeness (QED) is 0.141. The van der Waals surface area contributed by atoms with Crippen molar-refractivity contribution in [1.82, 2.24) is 15.5 Å². The Balaban J connectivity index is 1.49. The van der Waals surface area contributed by atoms with Gasteiger partial charge in [0.25, 0.3) is 0 Å². The first-order valence-corrected chi connectivity index (χ1v) is 16.3. The second-order valence-corrected chi connectivity index (χ2v) is 12.4. The number of hydrogen-bond donors (Lipinski definition) is 6. The lowest BCUT2D eigenvalue weighted by atomic mass is 9.74. The predicted molar refractivity (Wildman–Crippen MR) is 173 cm³/mol. The number of nitrogens with zero attached hydrogens (tertiary/aromatic N) is 1. The molecule has 0 radical (unpaired) electrons. The lowest BCUT2D eigenvalue weighted by Gasteiger charge is -2.30. The molecule has 13 nitrogen and oxygen atoms in total. The van der Waals surface area contributed by atoms with Crippen LogP contribution < -0.4 is 15.4 Å². The van der Waals surface area contributed by atoms with Gasteiger partial charge in [-0.25, -0.2) is 4.79 Å². The van der Waals surface area contributed by atoms with Gasteiger partial charge in [-0.15, -0.1) is 0 Å². The molecule has 2 aromatic carbocycles. The molecule has 6 atom stereocenters. The van der Waals surface area contributed by atoms with E-state index in [1.54, 1.807) is 4.90 Å². The third-order valence-corrected chi connectivity index (χ3v) is 8.18. The third kappa shape index (κ3) is 10.9. The molecule has 2 heterocycles. The Morgan fingerprint density at radius 2 is 1.60 bits per heavy atom. The fraction of sp³-hybridized carbons (Fsp3) is 0.576. The average Bonchev–Trinajstić information content (AvgIpc) is 3.53. The summed E-state index contributed by atoms with van der Waals surface area (Å²) in [5.41, 5.74) is 1.84. The van der Waals surface area contributed by atoms with E-state index >= 15 is 0 Å². The van der Waals surface area contributed by atoms with Gasteiger partial charge < -0.3 is 54.7 Å². The fourth-order valence-corrected chi connectivity index (χ4v) is 5.65. The summed E-state index contributed by atoms with van der Waals surface area (Å²) >= 11 is 0. The van der Waals surface area contributed by atoms with Crippen molar-refractivity contribution in [3.05, 3.63) is 65.7 Å². The van der Waals surface area contributed by atoms with Crippen LogP contribution in [-0.2, 0) is 31.9 Å². The Morgan fingerprint density at radius 3 is 2.21 bits per heavy atom. The zero-order valence-electron chi connectivity index (χ0n) is 27.1. The molecular weight excluding hydrogens is 609 g/mol. The standard InChI is InChI=1S/C33H48BN3O10/c1-22(2)18-29(34-46-30(27(40)12-15-38)31(47-34)28(41)20-39)36-32(42)26(35-33(43)37-13-16-44-17-14-37)19-23-8-10-25(11-9-23)45-21-24-6-4-3-5-7-24/h3-11,22,26-31,38-41H,12-21H2,1-2H3,(H,35,43)(H,36,42)/t26-,27+,28+,29-,30?,31?/m0/s1. The number of ether oxygens (including phenoxy) is 2.